The molecule has 80 valence electrons. The van der Waals surface area contributed by atoms with Crippen LogP contribution in [0.5, 0.6) is 5.88 Å². The summed E-state index contributed by atoms with van der Waals surface area (Å²) >= 11 is 0. The molecule has 0 saturated carbocycles. The quantitative estimate of drug-likeness (QED) is 0.723. The van der Waals surface area contributed by atoms with Gasteiger partial charge in [0.15, 0.2) is 17.8 Å². The Labute approximate surface area is 92.1 Å². The number of methoxy groups -OCH3 is 1. The molecule has 0 amide bonds. The van der Waals surface area contributed by atoms with Gasteiger partial charge in [0.05, 0.1) is 7.11 Å². The highest BCUT2D eigenvalue weighted by atomic mass is 16.5. The van der Waals surface area contributed by atoms with Gasteiger partial charge in [-0.15, -0.1) is 10.2 Å². The van der Waals surface area contributed by atoms with E-state index in [4.69, 9.17) is 4.74 Å². The van der Waals surface area contributed by atoms with Crippen molar-refractivity contribution in [3.8, 4) is 17.3 Å². The highest BCUT2D eigenvalue weighted by Gasteiger charge is 2.09. The number of hydrogen-bond acceptors (Lipinski definition) is 5. The lowest BCUT2D eigenvalue weighted by Crippen LogP contribution is -2.02. The van der Waals surface area contributed by atoms with E-state index in [1.54, 1.807) is 0 Å². The van der Waals surface area contributed by atoms with Crippen LogP contribution in [-0.4, -0.2) is 28.6 Å². The Bertz CT molecular complexity index is 500. The summed E-state index contributed by atoms with van der Waals surface area (Å²) in [5.41, 5.74) is 0.924. The monoisotopic (exact) mass is 215 g/mol. The van der Waals surface area contributed by atoms with E-state index in [0.717, 1.165) is 5.56 Å². The van der Waals surface area contributed by atoms with Crippen molar-refractivity contribution in [2.75, 3.05) is 7.11 Å². The number of aromatic nitrogens is 3. The molecule has 0 aliphatic rings. The van der Waals surface area contributed by atoms with Crippen molar-refractivity contribution in [2.24, 2.45) is 0 Å². The molecule has 5 heteroatoms. The average Bonchev–Trinajstić information content (AvgIpc) is 2.39. The maximum absolute atomic E-state index is 10.6. The summed E-state index contributed by atoms with van der Waals surface area (Å²) in [6.45, 7) is 0. The molecule has 0 spiro atoms. The molecule has 0 fully saturated rings. The summed E-state index contributed by atoms with van der Waals surface area (Å²) < 4.78 is 4.95. The number of aldehydes is 1. The van der Waals surface area contributed by atoms with E-state index >= 15 is 0 Å². The first-order valence-corrected chi connectivity index (χ1v) is 4.64. The van der Waals surface area contributed by atoms with Gasteiger partial charge in [0.25, 0.3) is 0 Å². The minimum atomic E-state index is 0.0992. The molecule has 16 heavy (non-hydrogen) atoms. The van der Waals surface area contributed by atoms with Crippen LogP contribution >= 0.6 is 0 Å². The largest absolute Gasteiger partial charge is 0.479 e. The molecular weight excluding hydrogens is 206 g/mol. The molecule has 1 aromatic carbocycles. The highest BCUT2D eigenvalue weighted by Crippen LogP contribution is 2.17. The molecule has 0 radical (unpaired) electrons. The summed E-state index contributed by atoms with van der Waals surface area (Å²) in [6, 6.07) is 9.36. The number of nitrogens with zero attached hydrogens (tertiary/aromatic N) is 3. The summed E-state index contributed by atoms with van der Waals surface area (Å²) in [5.74, 6) is 0.618. The van der Waals surface area contributed by atoms with Crippen molar-refractivity contribution in [2.45, 2.75) is 0 Å². The molecule has 5 nitrogen and oxygen atoms in total. The van der Waals surface area contributed by atoms with E-state index in [-0.39, 0.29) is 11.6 Å². The Balaban J connectivity index is 2.48. The zero-order valence-corrected chi connectivity index (χ0v) is 8.62. The van der Waals surface area contributed by atoms with Crippen LogP contribution in [0.1, 0.15) is 10.5 Å². The molecular formula is C11H9N3O2. The van der Waals surface area contributed by atoms with Crippen LogP contribution in [0.15, 0.2) is 30.3 Å². The van der Waals surface area contributed by atoms with Crippen molar-refractivity contribution in [1.29, 1.82) is 0 Å². The maximum atomic E-state index is 10.6. The van der Waals surface area contributed by atoms with E-state index in [1.807, 2.05) is 30.3 Å². The first kappa shape index (κ1) is 10.2. The molecule has 0 atom stereocenters. The van der Waals surface area contributed by atoms with E-state index < -0.39 is 0 Å². The first-order valence-electron chi connectivity index (χ1n) is 4.64. The lowest BCUT2D eigenvalue weighted by Gasteiger charge is -2.03. The fourth-order valence-corrected chi connectivity index (χ4v) is 1.25. The third-order valence-electron chi connectivity index (χ3n) is 2.02. The van der Waals surface area contributed by atoms with Crippen LogP contribution in [-0.2, 0) is 0 Å². The molecule has 1 heterocycles. The second-order valence-corrected chi connectivity index (χ2v) is 3.01. The number of benzene rings is 1. The smallest absolute Gasteiger partial charge is 0.247 e. The van der Waals surface area contributed by atoms with Crippen LogP contribution in [0, 0.1) is 0 Å². The predicted molar refractivity (Wildman–Crippen MR) is 57.2 cm³/mol. The van der Waals surface area contributed by atoms with Gasteiger partial charge in [-0.3, -0.25) is 4.79 Å². The zero-order valence-electron chi connectivity index (χ0n) is 8.62. The number of ether oxygens (including phenoxy) is 1. The van der Waals surface area contributed by atoms with E-state index in [1.165, 1.54) is 7.11 Å². The minimum Gasteiger partial charge on any atom is -0.479 e. The fourth-order valence-electron chi connectivity index (χ4n) is 1.25. The SMILES string of the molecule is COc1nc(-c2ccccc2)nnc1C=O. The van der Waals surface area contributed by atoms with Crippen LogP contribution in [0.3, 0.4) is 0 Å². The van der Waals surface area contributed by atoms with Gasteiger partial charge in [-0.2, -0.15) is 4.98 Å². The molecule has 0 bridgehead atoms. The lowest BCUT2D eigenvalue weighted by molar-refractivity contribution is 0.111. The molecule has 2 aromatic rings. The van der Waals surface area contributed by atoms with Gasteiger partial charge in [-0.25, -0.2) is 0 Å². The summed E-state index contributed by atoms with van der Waals surface area (Å²) in [4.78, 5) is 14.7. The molecule has 2 rings (SSSR count). The first-order chi connectivity index (χ1) is 7.85. The highest BCUT2D eigenvalue weighted by molar-refractivity contribution is 5.75. The fraction of sp³-hybridized carbons (Fsp3) is 0.0909. The average molecular weight is 215 g/mol. The van der Waals surface area contributed by atoms with Crippen LogP contribution in [0.4, 0.5) is 0 Å². The van der Waals surface area contributed by atoms with Gasteiger partial charge in [0.2, 0.25) is 5.88 Å². The topological polar surface area (TPSA) is 65.0 Å². The Kier molecular flexibility index (Phi) is 2.86. The maximum Gasteiger partial charge on any atom is 0.247 e. The third-order valence-corrected chi connectivity index (χ3v) is 2.02. The second kappa shape index (κ2) is 4.48. The number of hydrogen-bond donors (Lipinski definition) is 0. The zero-order chi connectivity index (χ0) is 11.4. The van der Waals surface area contributed by atoms with Crippen LogP contribution in [0.25, 0.3) is 11.4 Å². The van der Waals surface area contributed by atoms with Crippen molar-refractivity contribution >= 4 is 6.29 Å². The standard InChI is InChI=1S/C11H9N3O2/c1-16-11-9(7-15)13-14-10(12-11)8-5-3-2-4-6-8/h2-7H,1H3. The van der Waals surface area contributed by atoms with E-state index in [2.05, 4.69) is 15.2 Å². The van der Waals surface area contributed by atoms with Gasteiger partial charge >= 0.3 is 0 Å². The summed E-state index contributed by atoms with van der Waals surface area (Å²) in [5, 5.41) is 7.59. The lowest BCUT2D eigenvalue weighted by atomic mass is 10.2. The predicted octanol–water partition coefficient (Wildman–Crippen LogP) is 1.36. The Morgan fingerprint density at radius 1 is 1.19 bits per heavy atom. The molecule has 0 aliphatic carbocycles. The van der Waals surface area contributed by atoms with Crippen LogP contribution in [0.2, 0.25) is 0 Å². The Hall–Kier alpha value is -2.30. The molecule has 0 unspecified atom stereocenters. The van der Waals surface area contributed by atoms with E-state index in [0.29, 0.717) is 12.1 Å². The Morgan fingerprint density at radius 3 is 2.56 bits per heavy atom. The van der Waals surface area contributed by atoms with Gasteiger partial charge in [0.1, 0.15) is 0 Å². The van der Waals surface area contributed by atoms with Gasteiger partial charge in [-0.05, 0) is 0 Å². The number of carbonyl (C=O) groups excluding carboxylic acids is 1. The molecule has 0 aliphatic heterocycles. The second-order valence-electron chi connectivity index (χ2n) is 3.01. The van der Waals surface area contributed by atoms with E-state index in [9.17, 15) is 4.79 Å². The molecule has 1 aromatic heterocycles. The third kappa shape index (κ3) is 1.88. The van der Waals surface area contributed by atoms with Crippen molar-refractivity contribution in [3.63, 3.8) is 0 Å². The number of carbonyl (C=O) groups is 1. The summed E-state index contributed by atoms with van der Waals surface area (Å²) in [7, 11) is 1.44. The van der Waals surface area contributed by atoms with Gasteiger partial charge < -0.3 is 4.74 Å². The van der Waals surface area contributed by atoms with Gasteiger partial charge in [0, 0.05) is 5.56 Å². The normalized spacial score (nSPS) is 9.81. The number of rotatable bonds is 3. The minimum absolute atomic E-state index is 0.0992. The van der Waals surface area contributed by atoms with Crippen molar-refractivity contribution in [1.82, 2.24) is 15.2 Å². The molecule has 0 N–H and O–H groups in total. The summed E-state index contributed by atoms with van der Waals surface area (Å²) in [6.07, 6.45) is 0.563. The van der Waals surface area contributed by atoms with Crippen LogP contribution < -0.4 is 4.74 Å². The van der Waals surface area contributed by atoms with Gasteiger partial charge in [-0.1, -0.05) is 30.3 Å². The van der Waals surface area contributed by atoms with Crippen molar-refractivity contribution < 1.29 is 9.53 Å². The van der Waals surface area contributed by atoms with Crippen molar-refractivity contribution in [3.05, 3.63) is 36.0 Å². The Morgan fingerprint density at radius 2 is 1.94 bits per heavy atom. The molecule has 0 saturated heterocycles.